The van der Waals surface area contributed by atoms with E-state index in [1.165, 1.54) is 29.7 Å². The molecule has 132 valence electrons. The van der Waals surface area contributed by atoms with Gasteiger partial charge in [-0.25, -0.2) is 4.98 Å². The summed E-state index contributed by atoms with van der Waals surface area (Å²) >= 11 is 1.87. The number of hydrogen-bond donors (Lipinski definition) is 3. The number of aromatic nitrogens is 2. The van der Waals surface area contributed by atoms with Crippen molar-refractivity contribution in [3.63, 3.8) is 0 Å². The van der Waals surface area contributed by atoms with E-state index in [2.05, 4.69) is 37.5 Å². The van der Waals surface area contributed by atoms with Gasteiger partial charge in [-0.15, -0.1) is 11.3 Å². The van der Waals surface area contributed by atoms with Crippen LogP contribution in [0.5, 0.6) is 0 Å². The minimum absolute atomic E-state index is 0.510. The van der Waals surface area contributed by atoms with E-state index in [1.54, 1.807) is 0 Å². The van der Waals surface area contributed by atoms with Crippen LogP contribution in [0.25, 0.3) is 0 Å². The summed E-state index contributed by atoms with van der Waals surface area (Å²) in [5.41, 5.74) is 8.12. The molecule has 1 saturated carbocycles. The highest BCUT2D eigenvalue weighted by Crippen LogP contribution is 2.29. The van der Waals surface area contributed by atoms with Gasteiger partial charge in [0, 0.05) is 42.8 Å². The summed E-state index contributed by atoms with van der Waals surface area (Å²) in [7, 11) is 0. The van der Waals surface area contributed by atoms with Crippen molar-refractivity contribution in [2.75, 3.05) is 23.3 Å². The van der Waals surface area contributed by atoms with Gasteiger partial charge in [0.1, 0.15) is 5.82 Å². The number of thiophene rings is 1. The summed E-state index contributed by atoms with van der Waals surface area (Å²) < 4.78 is 0. The molecular formula is C18H24N6S. The van der Waals surface area contributed by atoms with E-state index in [-0.39, 0.29) is 0 Å². The van der Waals surface area contributed by atoms with Gasteiger partial charge in [0.05, 0.1) is 0 Å². The fourth-order valence-electron chi connectivity index (χ4n) is 4.34. The molecule has 1 saturated heterocycles. The normalized spacial score (nSPS) is 28.5. The first-order chi connectivity index (χ1) is 12.3. The predicted molar refractivity (Wildman–Crippen MR) is 101 cm³/mol. The third-order valence-corrected chi connectivity index (χ3v) is 6.74. The van der Waals surface area contributed by atoms with E-state index in [4.69, 9.17) is 4.98 Å². The lowest BCUT2D eigenvalue weighted by molar-refractivity contribution is 0.314. The molecule has 3 atom stereocenters. The summed E-state index contributed by atoms with van der Waals surface area (Å²) in [5.74, 6) is 2.54. The average molecular weight is 356 g/mol. The van der Waals surface area contributed by atoms with E-state index < -0.39 is 0 Å². The van der Waals surface area contributed by atoms with E-state index >= 15 is 0 Å². The van der Waals surface area contributed by atoms with Crippen LogP contribution in [0, 0.1) is 5.92 Å². The number of hydrazine groups is 1. The molecular weight excluding hydrogens is 332 g/mol. The molecule has 2 fully saturated rings. The van der Waals surface area contributed by atoms with Gasteiger partial charge in [-0.3, -0.25) is 10.9 Å². The molecule has 4 heterocycles. The number of nitrogens with one attached hydrogen (secondary N) is 3. The number of hydrogen-bond acceptors (Lipinski definition) is 7. The lowest BCUT2D eigenvalue weighted by Crippen LogP contribution is -2.39. The van der Waals surface area contributed by atoms with Crippen LogP contribution in [0.1, 0.15) is 29.7 Å². The molecule has 0 amide bonds. The molecule has 0 spiro atoms. The molecule has 2 aliphatic heterocycles. The molecule has 0 aromatic carbocycles. The first-order valence-electron chi connectivity index (χ1n) is 9.23. The Kier molecular flexibility index (Phi) is 4.07. The highest BCUT2D eigenvalue weighted by Gasteiger charge is 2.33. The molecule has 25 heavy (non-hydrogen) atoms. The van der Waals surface area contributed by atoms with E-state index in [0.717, 1.165) is 43.7 Å². The summed E-state index contributed by atoms with van der Waals surface area (Å²) in [6, 6.07) is 5.39. The zero-order valence-electron chi connectivity index (χ0n) is 14.2. The Balaban J connectivity index is 1.27. The smallest absolute Gasteiger partial charge is 0.227 e. The van der Waals surface area contributed by atoms with Crippen molar-refractivity contribution < 1.29 is 0 Å². The second-order valence-corrected chi connectivity index (χ2v) is 8.33. The Hall–Kier alpha value is -1.70. The maximum atomic E-state index is 4.81. The van der Waals surface area contributed by atoms with Crippen LogP contribution < -0.4 is 21.1 Å². The van der Waals surface area contributed by atoms with Gasteiger partial charge in [0.25, 0.3) is 0 Å². The Labute approximate surface area is 152 Å². The van der Waals surface area contributed by atoms with Crippen LogP contribution in [0.4, 0.5) is 11.8 Å². The topological polar surface area (TPSA) is 65.1 Å². The van der Waals surface area contributed by atoms with Gasteiger partial charge in [0.15, 0.2) is 0 Å². The van der Waals surface area contributed by atoms with Crippen molar-refractivity contribution in [2.24, 2.45) is 5.92 Å². The number of fused-ring (bicyclic) bond motifs is 2. The minimum Gasteiger partial charge on any atom is -0.367 e. The summed E-state index contributed by atoms with van der Waals surface area (Å²) in [5, 5.41) is 5.85. The first-order valence-corrected chi connectivity index (χ1v) is 10.1. The van der Waals surface area contributed by atoms with Gasteiger partial charge in [-0.1, -0.05) is 0 Å². The summed E-state index contributed by atoms with van der Waals surface area (Å²) in [6.45, 7) is 3.00. The Morgan fingerprint density at radius 3 is 3.28 bits per heavy atom. The quantitative estimate of drug-likeness (QED) is 0.783. The largest absolute Gasteiger partial charge is 0.367 e. The van der Waals surface area contributed by atoms with Crippen molar-refractivity contribution in [3.05, 3.63) is 34.2 Å². The minimum atomic E-state index is 0.510. The first kappa shape index (κ1) is 15.5. The third kappa shape index (κ3) is 3.12. The lowest BCUT2D eigenvalue weighted by atomic mass is 9.83. The monoisotopic (exact) mass is 356 g/mol. The van der Waals surface area contributed by atoms with Crippen molar-refractivity contribution in [3.8, 4) is 0 Å². The van der Waals surface area contributed by atoms with Gasteiger partial charge >= 0.3 is 0 Å². The van der Waals surface area contributed by atoms with Gasteiger partial charge in [0.2, 0.25) is 5.95 Å². The van der Waals surface area contributed by atoms with Crippen molar-refractivity contribution in [2.45, 2.75) is 44.3 Å². The fraction of sp³-hybridized carbons (Fsp3) is 0.556. The molecule has 1 aliphatic carbocycles. The van der Waals surface area contributed by atoms with E-state index in [1.807, 2.05) is 23.6 Å². The highest BCUT2D eigenvalue weighted by molar-refractivity contribution is 7.10. The molecule has 3 N–H and O–H groups in total. The lowest BCUT2D eigenvalue weighted by Gasteiger charge is -2.32. The third-order valence-electron chi connectivity index (χ3n) is 5.72. The second kappa shape index (κ2) is 6.55. The summed E-state index contributed by atoms with van der Waals surface area (Å²) in [6.07, 6.45) is 6.60. The molecule has 0 bridgehead atoms. The van der Waals surface area contributed by atoms with E-state index in [0.29, 0.717) is 12.1 Å². The standard InChI is InChI=1S/C18H24N6S/c1-2-15-13(10-20-23-15)9-14(1)21-17-3-6-19-18(22-17)24-7-4-16-12(11-24)5-8-25-16/h3,5-6,8,13-15,20,23H,1-2,4,7,9-11H2,(H,19,21,22). The molecule has 2 aromatic heterocycles. The zero-order valence-corrected chi connectivity index (χ0v) is 15.1. The SMILES string of the molecule is c1cc(NC2CCC3NNCC3C2)nc(N2CCc3sccc3C2)n1. The molecule has 3 unspecified atom stereocenters. The Bertz CT molecular complexity index is 747. The van der Waals surface area contributed by atoms with Crippen LogP contribution in [0.2, 0.25) is 0 Å². The summed E-state index contributed by atoms with van der Waals surface area (Å²) in [4.78, 5) is 13.1. The average Bonchev–Trinajstić information content (AvgIpc) is 3.30. The van der Waals surface area contributed by atoms with Crippen molar-refractivity contribution >= 4 is 23.1 Å². The Morgan fingerprint density at radius 2 is 2.28 bits per heavy atom. The van der Waals surface area contributed by atoms with Crippen LogP contribution in [0.3, 0.4) is 0 Å². The van der Waals surface area contributed by atoms with Crippen LogP contribution >= 0.6 is 11.3 Å². The molecule has 6 nitrogen and oxygen atoms in total. The molecule has 3 aliphatic rings. The molecule has 5 rings (SSSR count). The van der Waals surface area contributed by atoms with Crippen molar-refractivity contribution in [1.29, 1.82) is 0 Å². The van der Waals surface area contributed by atoms with Crippen molar-refractivity contribution in [1.82, 2.24) is 20.8 Å². The molecule has 7 heteroatoms. The number of anilines is 2. The second-order valence-electron chi connectivity index (χ2n) is 7.33. The van der Waals surface area contributed by atoms with E-state index in [9.17, 15) is 0 Å². The van der Waals surface area contributed by atoms with Gasteiger partial charge in [-0.2, -0.15) is 4.98 Å². The Morgan fingerprint density at radius 1 is 1.28 bits per heavy atom. The maximum Gasteiger partial charge on any atom is 0.227 e. The molecule has 0 radical (unpaired) electrons. The van der Waals surface area contributed by atoms with Gasteiger partial charge < -0.3 is 10.2 Å². The zero-order chi connectivity index (χ0) is 16.6. The van der Waals surface area contributed by atoms with Crippen LogP contribution in [-0.4, -0.2) is 35.1 Å². The fourth-order valence-corrected chi connectivity index (χ4v) is 5.23. The van der Waals surface area contributed by atoms with Crippen LogP contribution in [0.15, 0.2) is 23.7 Å². The van der Waals surface area contributed by atoms with Crippen LogP contribution in [-0.2, 0) is 13.0 Å². The maximum absolute atomic E-state index is 4.81. The highest BCUT2D eigenvalue weighted by atomic mass is 32.1. The predicted octanol–water partition coefficient (Wildman–Crippen LogP) is 2.16. The van der Waals surface area contributed by atoms with Gasteiger partial charge in [-0.05, 0) is 54.7 Å². The number of rotatable bonds is 3. The molecule has 2 aromatic rings. The number of nitrogens with zero attached hydrogens (tertiary/aromatic N) is 3.